The molecule has 0 heterocycles. The lowest BCUT2D eigenvalue weighted by Crippen LogP contribution is -2.09. The molecule has 3 aromatic rings. The van der Waals surface area contributed by atoms with Gasteiger partial charge in [-0.25, -0.2) is 9.59 Å². The third-order valence-corrected chi connectivity index (χ3v) is 5.48. The molecule has 0 atom stereocenters. The molecule has 0 saturated carbocycles. The Hall–Kier alpha value is -4.47. The lowest BCUT2D eigenvalue weighted by molar-refractivity contribution is -0.136. The Morgan fingerprint density at radius 2 is 1.56 bits per heavy atom. The Bertz CT molecular complexity index is 1300. The number of hydrogen-bond donors (Lipinski definition) is 2. The zero-order chi connectivity index (χ0) is 28.4. The second-order valence-corrected chi connectivity index (χ2v) is 8.53. The minimum atomic E-state index is -4.17. The van der Waals surface area contributed by atoms with Gasteiger partial charge in [-0.15, -0.1) is 0 Å². The SMILES string of the molecule is CCOC(=O)C(=Cc1ccc(C(=O)Oc2ccc(OCCCCC(F)(F)F)cc2)cc1)c1ccc(N)cc1N. The number of esters is 2. The van der Waals surface area contributed by atoms with Gasteiger partial charge >= 0.3 is 18.1 Å². The summed E-state index contributed by atoms with van der Waals surface area (Å²) in [5.41, 5.74) is 14.2. The van der Waals surface area contributed by atoms with Gasteiger partial charge in [0, 0.05) is 23.4 Å². The van der Waals surface area contributed by atoms with Crippen LogP contribution in [0.4, 0.5) is 24.5 Å². The van der Waals surface area contributed by atoms with E-state index in [4.69, 9.17) is 25.7 Å². The van der Waals surface area contributed by atoms with E-state index in [0.29, 0.717) is 28.3 Å². The number of alkyl halides is 3. The molecule has 10 heteroatoms. The van der Waals surface area contributed by atoms with Gasteiger partial charge in [0.05, 0.1) is 24.4 Å². The summed E-state index contributed by atoms with van der Waals surface area (Å²) in [5, 5.41) is 0. The van der Waals surface area contributed by atoms with Gasteiger partial charge in [-0.2, -0.15) is 13.2 Å². The summed E-state index contributed by atoms with van der Waals surface area (Å²) in [7, 11) is 0. The topological polar surface area (TPSA) is 114 Å². The molecule has 0 saturated heterocycles. The first-order valence-electron chi connectivity index (χ1n) is 12.2. The normalized spacial score (nSPS) is 11.6. The minimum absolute atomic E-state index is 0.00659. The highest BCUT2D eigenvalue weighted by atomic mass is 19.4. The van der Waals surface area contributed by atoms with Crippen molar-refractivity contribution in [2.75, 3.05) is 24.7 Å². The number of nitrogen functional groups attached to an aromatic ring is 2. The number of rotatable bonds is 11. The molecule has 3 aromatic carbocycles. The number of unbranched alkanes of at least 4 members (excludes halogenated alkanes) is 1. The van der Waals surface area contributed by atoms with Crippen LogP contribution < -0.4 is 20.9 Å². The van der Waals surface area contributed by atoms with E-state index in [2.05, 4.69) is 0 Å². The zero-order valence-electron chi connectivity index (χ0n) is 21.3. The quantitative estimate of drug-likeness (QED) is 0.0731. The highest BCUT2D eigenvalue weighted by Gasteiger charge is 2.25. The summed E-state index contributed by atoms with van der Waals surface area (Å²) < 4.78 is 52.5. The van der Waals surface area contributed by atoms with Crippen LogP contribution in [0.1, 0.15) is 47.7 Å². The maximum absolute atomic E-state index is 12.6. The molecular formula is C29H29F3N2O5. The number of halogens is 3. The number of nitrogens with two attached hydrogens (primary N) is 2. The number of benzene rings is 3. The zero-order valence-corrected chi connectivity index (χ0v) is 21.3. The summed E-state index contributed by atoms with van der Waals surface area (Å²) in [6.45, 7) is 2.04. The third-order valence-electron chi connectivity index (χ3n) is 5.48. The lowest BCUT2D eigenvalue weighted by Gasteiger charge is -2.11. The fourth-order valence-electron chi connectivity index (χ4n) is 3.55. The fraction of sp³-hybridized carbons (Fsp3) is 0.241. The molecule has 0 aliphatic carbocycles. The van der Waals surface area contributed by atoms with Crippen molar-refractivity contribution in [1.29, 1.82) is 0 Å². The molecule has 0 aromatic heterocycles. The van der Waals surface area contributed by atoms with E-state index in [9.17, 15) is 22.8 Å². The van der Waals surface area contributed by atoms with E-state index >= 15 is 0 Å². The monoisotopic (exact) mass is 542 g/mol. The van der Waals surface area contributed by atoms with Crippen LogP contribution in [0.15, 0.2) is 66.7 Å². The van der Waals surface area contributed by atoms with Crippen LogP contribution in [0, 0.1) is 0 Å². The highest BCUT2D eigenvalue weighted by Crippen LogP contribution is 2.28. The summed E-state index contributed by atoms with van der Waals surface area (Å²) in [5.74, 6) is -0.417. The molecule has 0 aliphatic rings. The Morgan fingerprint density at radius 1 is 0.897 bits per heavy atom. The Morgan fingerprint density at radius 3 is 2.18 bits per heavy atom. The second kappa shape index (κ2) is 13.4. The summed E-state index contributed by atoms with van der Waals surface area (Å²) in [6.07, 6.45) is -3.13. The van der Waals surface area contributed by atoms with E-state index in [-0.39, 0.29) is 42.9 Å². The standard InChI is InChI=1S/C29H29F3N2O5/c1-2-37-28(36)25(24-14-9-21(33)18-26(24)34)17-19-5-7-20(8-6-19)27(35)39-23-12-10-22(11-13-23)38-16-4-3-15-29(30,31)32/h5-14,17-18H,2-4,15-16,33-34H2,1H3. The van der Waals surface area contributed by atoms with Crippen LogP contribution in [0.25, 0.3) is 11.6 Å². The molecule has 0 fully saturated rings. The Balaban J connectivity index is 1.63. The number of ether oxygens (including phenoxy) is 3. The summed E-state index contributed by atoms with van der Waals surface area (Å²) in [6, 6.07) is 17.4. The van der Waals surface area contributed by atoms with Crippen molar-refractivity contribution in [3.63, 3.8) is 0 Å². The molecule has 39 heavy (non-hydrogen) atoms. The average molecular weight is 543 g/mol. The predicted octanol–water partition coefficient (Wildman–Crippen LogP) is 6.29. The van der Waals surface area contributed by atoms with E-state index in [1.807, 2.05) is 0 Å². The summed E-state index contributed by atoms with van der Waals surface area (Å²) >= 11 is 0. The van der Waals surface area contributed by atoms with E-state index in [0.717, 1.165) is 0 Å². The van der Waals surface area contributed by atoms with Crippen LogP contribution in [0.5, 0.6) is 11.5 Å². The first-order valence-corrected chi connectivity index (χ1v) is 12.2. The van der Waals surface area contributed by atoms with Crippen molar-refractivity contribution in [3.05, 3.63) is 83.4 Å². The van der Waals surface area contributed by atoms with Crippen molar-refractivity contribution < 1.29 is 37.0 Å². The van der Waals surface area contributed by atoms with Gasteiger partial charge in [0.25, 0.3) is 0 Å². The van der Waals surface area contributed by atoms with Gasteiger partial charge in [0.15, 0.2) is 0 Å². The first-order chi connectivity index (χ1) is 18.6. The second-order valence-electron chi connectivity index (χ2n) is 8.53. The number of hydrogen-bond acceptors (Lipinski definition) is 7. The van der Waals surface area contributed by atoms with Gasteiger partial charge in [0.1, 0.15) is 11.5 Å². The smallest absolute Gasteiger partial charge is 0.389 e. The molecule has 4 N–H and O–H groups in total. The van der Waals surface area contributed by atoms with Crippen molar-refractivity contribution in [2.24, 2.45) is 0 Å². The van der Waals surface area contributed by atoms with Crippen LogP contribution >= 0.6 is 0 Å². The van der Waals surface area contributed by atoms with Crippen molar-refractivity contribution in [3.8, 4) is 11.5 Å². The average Bonchev–Trinajstić information content (AvgIpc) is 2.88. The molecule has 0 spiro atoms. The van der Waals surface area contributed by atoms with Crippen LogP contribution in [0.2, 0.25) is 0 Å². The van der Waals surface area contributed by atoms with Crippen molar-refractivity contribution in [2.45, 2.75) is 32.4 Å². The molecule has 7 nitrogen and oxygen atoms in total. The lowest BCUT2D eigenvalue weighted by atomic mass is 10.00. The van der Waals surface area contributed by atoms with Gasteiger partial charge in [0.2, 0.25) is 0 Å². The van der Waals surface area contributed by atoms with Gasteiger partial charge < -0.3 is 25.7 Å². The Kier molecular flexibility index (Phi) is 9.97. The van der Waals surface area contributed by atoms with Crippen molar-refractivity contribution in [1.82, 2.24) is 0 Å². The molecular weight excluding hydrogens is 513 g/mol. The maximum atomic E-state index is 12.6. The van der Waals surface area contributed by atoms with Crippen LogP contribution in [-0.4, -0.2) is 31.3 Å². The van der Waals surface area contributed by atoms with Gasteiger partial charge in [-0.3, -0.25) is 0 Å². The van der Waals surface area contributed by atoms with E-state index < -0.39 is 24.5 Å². The largest absolute Gasteiger partial charge is 0.494 e. The molecule has 0 radical (unpaired) electrons. The molecule has 0 amide bonds. The van der Waals surface area contributed by atoms with Gasteiger partial charge in [-0.05, 0) is 86.0 Å². The highest BCUT2D eigenvalue weighted by molar-refractivity contribution is 6.23. The van der Waals surface area contributed by atoms with Crippen molar-refractivity contribution >= 4 is 35.0 Å². The summed E-state index contributed by atoms with van der Waals surface area (Å²) in [4.78, 5) is 25.2. The number of carbonyl (C=O) groups is 2. The van der Waals surface area contributed by atoms with Crippen LogP contribution in [0.3, 0.4) is 0 Å². The van der Waals surface area contributed by atoms with Crippen LogP contribution in [-0.2, 0) is 9.53 Å². The van der Waals surface area contributed by atoms with E-state index in [1.165, 1.54) is 12.1 Å². The first kappa shape index (κ1) is 29.1. The van der Waals surface area contributed by atoms with Gasteiger partial charge in [-0.1, -0.05) is 12.1 Å². The minimum Gasteiger partial charge on any atom is -0.494 e. The van der Waals surface area contributed by atoms with E-state index in [1.54, 1.807) is 67.6 Å². The fourth-order valence-corrected chi connectivity index (χ4v) is 3.55. The maximum Gasteiger partial charge on any atom is 0.389 e. The molecule has 206 valence electrons. The number of carbonyl (C=O) groups excluding carboxylic acids is 2. The third kappa shape index (κ3) is 9.10. The Labute approximate surface area is 224 Å². The molecule has 0 bridgehead atoms. The molecule has 3 rings (SSSR count). The molecule has 0 aliphatic heterocycles. The number of anilines is 2. The molecule has 0 unspecified atom stereocenters. The predicted molar refractivity (Wildman–Crippen MR) is 143 cm³/mol.